The van der Waals surface area contributed by atoms with Gasteiger partial charge in [-0.15, -0.1) is 10.2 Å². The van der Waals surface area contributed by atoms with Gasteiger partial charge in [-0.1, -0.05) is 27.5 Å². The summed E-state index contributed by atoms with van der Waals surface area (Å²) >= 11 is 9.36. The lowest BCUT2D eigenvalue weighted by Crippen LogP contribution is -2.04. The van der Waals surface area contributed by atoms with Crippen molar-refractivity contribution in [1.29, 1.82) is 0 Å². The number of aryl methyl sites for hydroxylation is 1. The van der Waals surface area contributed by atoms with Gasteiger partial charge in [0.1, 0.15) is 0 Å². The number of rotatable bonds is 3. The first-order valence-corrected chi connectivity index (χ1v) is 6.09. The number of aliphatic hydroxyl groups excluding tert-OH is 1. The quantitative estimate of drug-likeness (QED) is 0.939. The van der Waals surface area contributed by atoms with Crippen LogP contribution in [-0.4, -0.2) is 25.3 Å². The van der Waals surface area contributed by atoms with Crippen LogP contribution in [0.5, 0.6) is 0 Å². The second kappa shape index (κ2) is 5.12. The van der Waals surface area contributed by atoms with E-state index in [2.05, 4.69) is 31.3 Å². The molecule has 1 unspecified atom stereocenters. The van der Waals surface area contributed by atoms with E-state index >= 15 is 0 Å². The van der Waals surface area contributed by atoms with Crippen molar-refractivity contribution in [2.45, 2.75) is 12.5 Å². The first-order valence-electron chi connectivity index (χ1n) is 4.92. The highest BCUT2D eigenvalue weighted by molar-refractivity contribution is 9.10. The van der Waals surface area contributed by atoms with E-state index in [1.165, 1.54) is 4.80 Å². The maximum absolute atomic E-state index is 10.1. The van der Waals surface area contributed by atoms with Gasteiger partial charge in [-0.25, -0.2) is 0 Å². The van der Waals surface area contributed by atoms with Crippen LogP contribution >= 0.6 is 27.5 Å². The van der Waals surface area contributed by atoms with Gasteiger partial charge >= 0.3 is 0 Å². The molecule has 1 aromatic heterocycles. The summed E-state index contributed by atoms with van der Waals surface area (Å²) in [4.78, 5) is 1.35. The van der Waals surface area contributed by atoms with Crippen LogP contribution in [0.2, 0.25) is 5.02 Å². The summed E-state index contributed by atoms with van der Waals surface area (Å²) < 4.78 is 0.864. The minimum Gasteiger partial charge on any atom is -0.388 e. The molecule has 0 aliphatic rings. The number of nitrogens with zero attached hydrogens (tertiary/aromatic N) is 4. The first-order chi connectivity index (χ1) is 8.06. The Morgan fingerprint density at radius 3 is 2.94 bits per heavy atom. The highest BCUT2D eigenvalue weighted by Gasteiger charge is 2.15. The molecule has 1 atom stereocenters. The van der Waals surface area contributed by atoms with Crippen molar-refractivity contribution in [3.63, 3.8) is 0 Å². The highest BCUT2D eigenvalue weighted by Crippen LogP contribution is 2.27. The molecular weight excluding hydrogens is 307 g/mol. The lowest BCUT2D eigenvalue weighted by atomic mass is 10.1. The van der Waals surface area contributed by atoms with Crippen LogP contribution in [0.4, 0.5) is 0 Å². The van der Waals surface area contributed by atoms with E-state index in [0.29, 0.717) is 16.4 Å². The third-order valence-corrected chi connectivity index (χ3v) is 3.08. The zero-order chi connectivity index (χ0) is 12.4. The van der Waals surface area contributed by atoms with Gasteiger partial charge in [0.2, 0.25) is 0 Å². The first kappa shape index (κ1) is 12.5. The molecule has 90 valence electrons. The molecule has 0 saturated heterocycles. The summed E-state index contributed by atoms with van der Waals surface area (Å²) in [6.45, 7) is 0. The van der Waals surface area contributed by atoms with Gasteiger partial charge in [0.25, 0.3) is 0 Å². The fourth-order valence-corrected chi connectivity index (χ4v) is 2.08. The number of benzene rings is 1. The van der Waals surface area contributed by atoms with Gasteiger partial charge in [-0.3, -0.25) is 0 Å². The Bertz CT molecular complexity index is 531. The molecule has 1 N–H and O–H groups in total. The molecule has 5 nitrogen and oxygen atoms in total. The number of tetrazole rings is 1. The number of hydrogen-bond donors (Lipinski definition) is 1. The van der Waals surface area contributed by atoms with Crippen LogP contribution in [0.25, 0.3) is 0 Å². The molecular formula is C10H10BrClN4O. The number of aromatic nitrogens is 4. The molecule has 0 bridgehead atoms. The van der Waals surface area contributed by atoms with E-state index in [0.717, 1.165) is 4.47 Å². The second-order valence-electron chi connectivity index (χ2n) is 3.58. The van der Waals surface area contributed by atoms with Gasteiger partial charge in [-0.2, -0.15) is 4.80 Å². The van der Waals surface area contributed by atoms with E-state index in [-0.39, 0.29) is 6.42 Å². The van der Waals surface area contributed by atoms with Crippen LogP contribution in [-0.2, 0) is 13.5 Å². The Labute approximate surface area is 112 Å². The van der Waals surface area contributed by atoms with Crippen molar-refractivity contribution in [2.75, 3.05) is 0 Å². The molecule has 0 radical (unpaired) electrons. The Hall–Kier alpha value is -0.980. The van der Waals surface area contributed by atoms with Crippen molar-refractivity contribution in [3.05, 3.63) is 39.1 Å². The summed E-state index contributed by atoms with van der Waals surface area (Å²) in [6, 6.07) is 5.33. The van der Waals surface area contributed by atoms with Crippen molar-refractivity contribution < 1.29 is 5.11 Å². The van der Waals surface area contributed by atoms with Crippen molar-refractivity contribution in [3.8, 4) is 0 Å². The van der Waals surface area contributed by atoms with Gasteiger partial charge in [-0.05, 0) is 23.4 Å². The molecule has 0 saturated carbocycles. The molecule has 2 rings (SSSR count). The lowest BCUT2D eigenvalue weighted by Gasteiger charge is -2.10. The van der Waals surface area contributed by atoms with Gasteiger partial charge in [0.05, 0.1) is 13.2 Å². The zero-order valence-electron chi connectivity index (χ0n) is 9.01. The second-order valence-corrected chi connectivity index (χ2v) is 4.90. The Kier molecular flexibility index (Phi) is 3.76. The number of halogens is 2. The fraction of sp³-hybridized carbons (Fsp3) is 0.300. The zero-order valence-corrected chi connectivity index (χ0v) is 11.4. The maximum Gasteiger partial charge on any atom is 0.177 e. The summed E-state index contributed by atoms with van der Waals surface area (Å²) in [6.07, 6.45) is -0.464. The van der Waals surface area contributed by atoms with Crippen LogP contribution in [0.15, 0.2) is 22.7 Å². The molecule has 1 aromatic carbocycles. The highest BCUT2D eigenvalue weighted by atomic mass is 79.9. The van der Waals surface area contributed by atoms with Gasteiger partial charge in [0.15, 0.2) is 5.82 Å². The predicted molar refractivity (Wildman–Crippen MR) is 66.6 cm³/mol. The molecule has 0 amide bonds. The summed E-state index contributed by atoms with van der Waals surface area (Å²) in [5, 5.41) is 22.1. The SMILES string of the molecule is Cn1nnc(CC(O)c2cc(Br)ccc2Cl)n1. The maximum atomic E-state index is 10.1. The van der Waals surface area contributed by atoms with Gasteiger partial charge < -0.3 is 5.11 Å². The Morgan fingerprint density at radius 2 is 2.29 bits per heavy atom. The molecule has 0 aliphatic carbocycles. The molecule has 0 spiro atoms. The van der Waals surface area contributed by atoms with Crippen molar-refractivity contribution in [2.24, 2.45) is 7.05 Å². The van der Waals surface area contributed by atoms with Crippen molar-refractivity contribution in [1.82, 2.24) is 20.2 Å². The summed E-state index contributed by atoms with van der Waals surface area (Å²) in [5.41, 5.74) is 0.647. The average molecular weight is 318 g/mol. The third-order valence-electron chi connectivity index (χ3n) is 2.24. The topological polar surface area (TPSA) is 63.8 Å². The van der Waals surface area contributed by atoms with E-state index < -0.39 is 6.10 Å². The minimum absolute atomic E-state index is 0.282. The Morgan fingerprint density at radius 1 is 1.53 bits per heavy atom. The molecule has 7 heteroatoms. The van der Waals surface area contributed by atoms with Crippen LogP contribution < -0.4 is 0 Å². The summed E-state index contributed by atoms with van der Waals surface area (Å²) in [5.74, 6) is 0.482. The monoisotopic (exact) mass is 316 g/mol. The smallest absolute Gasteiger partial charge is 0.177 e. The molecule has 1 heterocycles. The normalized spacial score (nSPS) is 12.7. The van der Waals surface area contributed by atoms with E-state index in [9.17, 15) is 5.11 Å². The molecule has 0 aliphatic heterocycles. The largest absolute Gasteiger partial charge is 0.388 e. The van der Waals surface area contributed by atoms with Crippen LogP contribution in [0, 0.1) is 0 Å². The predicted octanol–water partition coefficient (Wildman–Crippen LogP) is 1.90. The number of hydrogen-bond acceptors (Lipinski definition) is 4. The molecule has 2 aromatic rings. The standard InChI is InChI=1S/C10H10BrClN4O/c1-16-14-10(13-15-16)5-9(17)7-4-6(11)2-3-8(7)12/h2-4,9,17H,5H2,1H3. The molecule has 0 fully saturated rings. The van der Waals surface area contributed by atoms with Gasteiger partial charge in [0, 0.05) is 21.5 Å². The van der Waals surface area contributed by atoms with E-state index in [1.54, 1.807) is 19.2 Å². The van der Waals surface area contributed by atoms with Crippen LogP contribution in [0.3, 0.4) is 0 Å². The fourth-order valence-electron chi connectivity index (χ4n) is 1.46. The average Bonchev–Trinajstić information content (AvgIpc) is 2.67. The van der Waals surface area contributed by atoms with E-state index in [1.807, 2.05) is 6.07 Å². The van der Waals surface area contributed by atoms with E-state index in [4.69, 9.17) is 11.6 Å². The van der Waals surface area contributed by atoms with Crippen LogP contribution in [0.1, 0.15) is 17.5 Å². The number of aliphatic hydroxyl groups is 1. The minimum atomic E-state index is -0.746. The van der Waals surface area contributed by atoms with Crippen molar-refractivity contribution >= 4 is 27.5 Å². The summed E-state index contributed by atoms with van der Waals surface area (Å²) in [7, 11) is 1.68. The third kappa shape index (κ3) is 3.02. The molecule has 17 heavy (non-hydrogen) atoms. The Balaban J connectivity index is 2.19. The lowest BCUT2D eigenvalue weighted by molar-refractivity contribution is 0.176.